The second-order valence-corrected chi connectivity index (χ2v) is 8.01. The first kappa shape index (κ1) is 21.1. The number of carbonyl (C=O) groups is 1. The number of hydrogen-bond donors (Lipinski definition) is 5. The summed E-state index contributed by atoms with van der Waals surface area (Å²) in [6.45, 7) is 3.96. The van der Waals surface area contributed by atoms with Gasteiger partial charge in [-0.25, -0.2) is 4.79 Å². The van der Waals surface area contributed by atoms with Crippen molar-refractivity contribution in [3.8, 4) is 5.75 Å². The zero-order valence-electron chi connectivity index (χ0n) is 16.6. The molecule has 8 heteroatoms. The van der Waals surface area contributed by atoms with E-state index in [-0.39, 0.29) is 11.5 Å². The smallest absolute Gasteiger partial charge is 0.534 e. The minimum Gasteiger partial charge on any atom is -0.534 e. The Bertz CT molecular complexity index is 660. The Balaban J connectivity index is 1.41. The van der Waals surface area contributed by atoms with Gasteiger partial charge in [0.2, 0.25) is 0 Å². The summed E-state index contributed by atoms with van der Waals surface area (Å²) >= 11 is 0. The fourth-order valence-corrected chi connectivity index (χ4v) is 4.39. The first-order valence-corrected chi connectivity index (χ1v) is 10.4. The van der Waals surface area contributed by atoms with Gasteiger partial charge in [-0.1, -0.05) is 18.6 Å². The summed E-state index contributed by atoms with van der Waals surface area (Å²) < 4.78 is 5.54. The lowest BCUT2D eigenvalue weighted by Gasteiger charge is -2.29. The number of fused-ring (bicyclic) bond motifs is 1. The highest BCUT2D eigenvalue weighted by Gasteiger charge is 2.36. The molecule has 1 fully saturated rings. The van der Waals surface area contributed by atoms with Crippen LogP contribution in [0.2, 0.25) is 0 Å². The quantitative estimate of drug-likeness (QED) is 0.300. The first-order chi connectivity index (χ1) is 13.6. The Morgan fingerprint density at radius 2 is 2.07 bits per heavy atom. The number of carboxylic acid groups (broad SMARTS) is 1. The third-order valence-corrected chi connectivity index (χ3v) is 5.94. The minimum absolute atomic E-state index is 0.107. The van der Waals surface area contributed by atoms with Crippen LogP contribution in [0, 0.1) is 11.8 Å². The van der Waals surface area contributed by atoms with E-state index in [2.05, 4.69) is 16.0 Å². The van der Waals surface area contributed by atoms with Crippen molar-refractivity contribution in [2.45, 2.75) is 38.0 Å². The fourth-order valence-electron chi connectivity index (χ4n) is 4.39. The van der Waals surface area contributed by atoms with Gasteiger partial charge in [0.05, 0.1) is 11.5 Å². The normalized spacial score (nSPS) is 24.1. The SMILES string of the molecule is CNCCNCC1CCC(CCN[C@H]2Cc3cccc(C(=O)O)c3OB2O)C1. The third-order valence-electron chi connectivity index (χ3n) is 5.94. The monoisotopic (exact) mass is 389 g/mol. The minimum atomic E-state index is -1.04. The van der Waals surface area contributed by atoms with E-state index in [0.29, 0.717) is 12.2 Å². The average Bonchev–Trinajstić information content (AvgIpc) is 3.13. The van der Waals surface area contributed by atoms with Gasteiger partial charge in [-0.15, -0.1) is 0 Å². The van der Waals surface area contributed by atoms with Gasteiger partial charge < -0.3 is 30.7 Å². The number of aromatic carboxylic acids is 1. The molecule has 1 saturated carbocycles. The Morgan fingerprint density at radius 3 is 2.86 bits per heavy atom. The summed E-state index contributed by atoms with van der Waals surface area (Å²) in [5.74, 6) is 0.552. The molecular weight excluding hydrogens is 357 g/mol. The zero-order valence-corrected chi connectivity index (χ0v) is 16.6. The molecule has 3 atom stereocenters. The molecule has 1 heterocycles. The lowest BCUT2D eigenvalue weighted by atomic mass is 9.72. The number of nitrogens with one attached hydrogen (secondary N) is 3. The van der Waals surface area contributed by atoms with E-state index in [4.69, 9.17) is 4.65 Å². The van der Waals surface area contributed by atoms with Crippen molar-refractivity contribution in [3.63, 3.8) is 0 Å². The molecule has 0 saturated heterocycles. The van der Waals surface area contributed by atoms with Gasteiger partial charge in [-0.2, -0.15) is 0 Å². The van der Waals surface area contributed by atoms with Crippen molar-refractivity contribution >= 4 is 13.1 Å². The van der Waals surface area contributed by atoms with E-state index < -0.39 is 13.1 Å². The summed E-state index contributed by atoms with van der Waals surface area (Å²) in [5, 5.41) is 29.7. The molecule has 3 rings (SSSR count). The molecule has 154 valence electrons. The van der Waals surface area contributed by atoms with E-state index in [1.807, 2.05) is 13.1 Å². The van der Waals surface area contributed by atoms with Crippen LogP contribution in [0.1, 0.15) is 41.6 Å². The molecule has 28 heavy (non-hydrogen) atoms. The largest absolute Gasteiger partial charge is 0.541 e. The fraction of sp³-hybridized carbons (Fsp3) is 0.650. The summed E-state index contributed by atoms with van der Waals surface area (Å²) in [4.78, 5) is 11.3. The van der Waals surface area contributed by atoms with Crippen molar-refractivity contribution in [1.29, 1.82) is 0 Å². The standard InChI is InChI=1S/C20H32BN3O4/c1-22-9-10-23-13-15-6-5-14(11-15)7-8-24-18-12-16-3-2-4-17(20(25)26)19(16)28-21(18)27/h2-4,14-15,18,22-24,27H,5-13H2,1H3,(H,25,26)/t14?,15?,18-/m0/s1. The maximum absolute atomic E-state index is 11.3. The van der Waals surface area contributed by atoms with E-state index in [1.165, 1.54) is 25.3 Å². The lowest BCUT2D eigenvalue weighted by molar-refractivity contribution is 0.0694. The molecule has 1 aromatic carbocycles. The molecule has 0 spiro atoms. The summed E-state index contributed by atoms with van der Waals surface area (Å²) in [7, 11) is 0.943. The number of rotatable bonds is 10. The number of carboxylic acids is 1. The molecule has 7 nitrogen and oxygen atoms in total. The highest BCUT2D eigenvalue weighted by molar-refractivity contribution is 6.46. The molecule has 5 N–H and O–H groups in total. The second kappa shape index (κ2) is 10.3. The molecular formula is C20H32BN3O4. The highest BCUT2D eigenvalue weighted by Crippen LogP contribution is 2.33. The van der Waals surface area contributed by atoms with Crippen molar-refractivity contribution in [1.82, 2.24) is 16.0 Å². The molecule has 0 amide bonds. The van der Waals surface area contributed by atoms with E-state index in [9.17, 15) is 14.9 Å². The number of benzene rings is 1. The molecule has 0 aromatic heterocycles. The summed E-state index contributed by atoms with van der Waals surface area (Å²) in [6.07, 6.45) is 5.49. The van der Waals surface area contributed by atoms with Crippen LogP contribution in [0.25, 0.3) is 0 Å². The van der Waals surface area contributed by atoms with E-state index >= 15 is 0 Å². The van der Waals surface area contributed by atoms with Crippen LogP contribution < -0.4 is 20.6 Å². The van der Waals surface area contributed by atoms with Gasteiger partial charge in [-0.05, 0) is 69.3 Å². The van der Waals surface area contributed by atoms with Gasteiger partial charge in [-0.3, -0.25) is 0 Å². The van der Waals surface area contributed by atoms with Crippen LogP contribution in [0.15, 0.2) is 18.2 Å². The number of likely N-dealkylation sites (N-methyl/N-ethyl adjacent to an activating group) is 1. The van der Waals surface area contributed by atoms with Crippen LogP contribution in [0.3, 0.4) is 0 Å². The van der Waals surface area contributed by atoms with E-state index in [1.54, 1.807) is 6.07 Å². The van der Waals surface area contributed by atoms with Crippen molar-refractivity contribution < 1.29 is 19.6 Å². The molecule has 1 aliphatic heterocycles. The van der Waals surface area contributed by atoms with E-state index in [0.717, 1.165) is 50.0 Å². The van der Waals surface area contributed by atoms with Crippen LogP contribution in [-0.4, -0.2) is 62.4 Å². The van der Waals surface area contributed by atoms with Gasteiger partial charge in [0.25, 0.3) is 0 Å². The van der Waals surface area contributed by atoms with Crippen LogP contribution >= 0.6 is 0 Å². The molecule has 0 radical (unpaired) electrons. The van der Waals surface area contributed by atoms with Gasteiger partial charge >= 0.3 is 13.1 Å². The second-order valence-electron chi connectivity index (χ2n) is 8.01. The third kappa shape index (κ3) is 5.47. The van der Waals surface area contributed by atoms with Crippen molar-refractivity contribution in [3.05, 3.63) is 29.3 Å². The predicted octanol–water partition coefficient (Wildman–Crippen LogP) is 0.913. The summed E-state index contributed by atoms with van der Waals surface area (Å²) in [5.41, 5.74) is 0.937. The lowest BCUT2D eigenvalue weighted by Crippen LogP contribution is -2.51. The molecule has 1 aliphatic carbocycles. The number of para-hydroxylation sites is 1. The highest BCUT2D eigenvalue weighted by atomic mass is 16.5. The molecule has 2 unspecified atom stereocenters. The Labute approximate surface area is 167 Å². The Morgan fingerprint density at radius 1 is 1.25 bits per heavy atom. The Kier molecular flexibility index (Phi) is 7.73. The van der Waals surface area contributed by atoms with Crippen LogP contribution in [-0.2, 0) is 6.42 Å². The number of hydrogen-bond acceptors (Lipinski definition) is 6. The van der Waals surface area contributed by atoms with Crippen molar-refractivity contribution in [2.75, 3.05) is 33.2 Å². The first-order valence-electron chi connectivity index (χ1n) is 10.4. The van der Waals surface area contributed by atoms with Gasteiger partial charge in [0.1, 0.15) is 5.75 Å². The van der Waals surface area contributed by atoms with Gasteiger partial charge in [0, 0.05) is 13.1 Å². The average molecular weight is 389 g/mol. The zero-order chi connectivity index (χ0) is 19.9. The Hall–Kier alpha value is -1.61. The molecule has 2 aliphatic rings. The maximum atomic E-state index is 11.3. The van der Waals surface area contributed by atoms with Gasteiger partial charge in [0.15, 0.2) is 0 Å². The topological polar surface area (TPSA) is 103 Å². The molecule has 0 bridgehead atoms. The van der Waals surface area contributed by atoms with Crippen LogP contribution in [0.4, 0.5) is 0 Å². The maximum Gasteiger partial charge on any atom is 0.541 e. The predicted molar refractivity (Wildman–Crippen MR) is 110 cm³/mol. The van der Waals surface area contributed by atoms with Crippen LogP contribution in [0.5, 0.6) is 5.75 Å². The summed E-state index contributed by atoms with van der Waals surface area (Å²) in [6, 6.07) is 5.10. The van der Waals surface area contributed by atoms with Crippen molar-refractivity contribution in [2.24, 2.45) is 11.8 Å². The molecule has 1 aromatic rings.